The second-order valence-corrected chi connectivity index (χ2v) is 7.32. The van der Waals surface area contributed by atoms with Crippen molar-refractivity contribution >= 4 is 11.6 Å². The molecule has 1 saturated carbocycles. The number of aliphatic hydroxyl groups excluding tert-OH is 1. The molecule has 7 nitrogen and oxygen atoms in total. The zero-order valence-electron chi connectivity index (χ0n) is 16.0. The summed E-state index contributed by atoms with van der Waals surface area (Å²) >= 11 is 0. The first-order valence-electron chi connectivity index (χ1n) is 9.59. The van der Waals surface area contributed by atoms with Gasteiger partial charge in [0.15, 0.2) is 0 Å². The van der Waals surface area contributed by atoms with Crippen LogP contribution in [0.5, 0.6) is 0 Å². The first kappa shape index (κ1) is 19.4. The summed E-state index contributed by atoms with van der Waals surface area (Å²) in [6, 6.07) is 6.18. The molecule has 0 unspecified atom stereocenters. The fraction of sp³-hybridized carbons (Fsp3) is 0.400. The van der Waals surface area contributed by atoms with Gasteiger partial charge in [-0.05, 0) is 49.6 Å². The summed E-state index contributed by atoms with van der Waals surface area (Å²) in [5.41, 5.74) is 2.01. The predicted octanol–water partition coefficient (Wildman–Crippen LogP) is 4.20. The van der Waals surface area contributed by atoms with Crippen molar-refractivity contribution in [2.24, 2.45) is 0 Å². The molecule has 29 heavy (non-hydrogen) atoms. The molecule has 0 amide bonds. The largest absolute Gasteiger partial charge is 0.391 e. The van der Waals surface area contributed by atoms with Crippen LogP contribution in [-0.2, 0) is 0 Å². The Bertz CT molecular complexity index is 993. The number of aromatic nitrogens is 5. The highest BCUT2D eigenvalue weighted by Gasteiger charge is 2.26. The van der Waals surface area contributed by atoms with Crippen molar-refractivity contribution in [2.45, 2.75) is 51.2 Å². The van der Waals surface area contributed by atoms with E-state index in [1.165, 1.54) is 18.3 Å². The van der Waals surface area contributed by atoms with Crippen molar-refractivity contribution in [1.29, 1.82) is 0 Å². The van der Waals surface area contributed by atoms with E-state index in [-0.39, 0.29) is 11.6 Å². The molecule has 0 bridgehead atoms. The summed E-state index contributed by atoms with van der Waals surface area (Å²) in [4.78, 5) is 8.61. The van der Waals surface area contributed by atoms with Crippen molar-refractivity contribution in [3.8, 4) is 11.4 Å². The number of anilines is 2. The standard InChI is InChI=1S/C20H22F2N6O/c1-12-8-14(15-11-28(27-26-15)16-4-2-3-5-17(16)29)24-19(9-12)25-18-10-13(20(21)22)6-7-23-18/h6-11,16-17,20,29H,2-5H2,1H3,(H,23,24,25)/t16-,17-/m1/s1. The van der Waals surface area contributed by atoms with Crippen LogP contribution in [0, 0.1) is 6.92 Å². The van der Waals surface area contributed by atoms with E-state index < -0.39 is 12.5 Å². The quantitative estimate of drug-likeness (QED) is 0.667. The van der Waals surface area contributed by atoms with Crippen LogP contribution in [0.15, 0.2) is 36.7 Å². The lowest BCUT2D eigenvalue weighted by Crippen LogP contribution is -2.27. The molecule has 3 heterocycles. The van der Waals surface area contributed by atoms with Gasteiger partial charge in [-0.3, -0.25) is 0 Å². The summed E-state index contributed by atoms with van der Waals surface area (Å²) in [6.45, 7) is 1.91. The van der Waals surface area contributed by atoms with E-state index >= 15 is 0 Å². The molecule has 2 N–H and O–H groups in total. The number of aryl methyl sites for hydroxylation is 1. The highest BCUT2D eigenvalue weighted by atomic mass is 19.3. The van der Waals surface area contributed by atoms with Crippen molar-refractivity contribution in [2.75, 3.05) is 5.32 Å². The normalized spacial score (nSPS) is 19.5. The van der Waals surface area contributed by atoms with E-state index in [0.29, 0.717) is 23.0 Å². The third-order valence-electron chi connectivity index (χ3n) is 5.07. The third-order valence-corrected chi connectivity index (χ3v) is 5.07. The second kappa shape index (κ2) is 8.20. The number of nitrogens with zero attached hydrogens (tertiary/aromatic N) is 5. The summed E-state index contributed by atoms with van der Waals surface area (Å²) in [7, 11) is 0. The monoisotopic (exact) mass is 400 g/mol. The van der Waals surface area contributed by atoms with Crippen LogP contribution in [0.2, 0.25) is 0 Å². The first-order chi connectivity index (χ1) is 14.0. The Morgan fingerprint density at radius 2 is 1.97 bits per heavy atom. The van der Waals surface area contributed by atoms with Crippen molar-refractivity contribution in [3.63, 3.8) is 0 Å². The lowest BCUT2D eigenvalue weighted by atomic mass is 9.93. The first-order valence-corrected chi connectivity index (χ1v) is 9.59. The molecule has 2 atom stereocenters. The summed E-state index contributed by atoms with van der Waals surface area (Å²) in [6.07, 6.45) is 3.85. The van der Waals surface area contributed by atoms with Gasteiger partial charge >= 0.3 is 0 Å². The van der Waals surface area contributed by atoms with Gasteiger partial charge in [0.25, 0.3) is 6.43 Å². The van der Waals surface area contributed by atoms with E-state index in [9.17, 15) is 13.9 Å². The fourth-order valence-electron chi connectivity index (χ4n) is 3.60. The minimum atomic E-state index is -2.57. The average Bonchev–Trinajstić information content (AvgIpc) is 3.18. The predicted molar refractivity (Wildman–Crippen MR) is 104 cm³/mol. The number of hydrogen-bond acceptors (Lipinski definition) is 6. The molecular weight excluding hydrogens is 378 g/mol. The number of hydrogen-bond donors (Lipinski definition) is 2. The van der Waals surface area contributed by atoms with Crippen LogP contribution >= 0.6 is 0 Å². The number of aliphatic hydroxyl groups is 1. The number of alkyl halides is 2. The zero-order valence-corrected chi connectivity index (χ0v) is 16.0. The van der Waals surface area contributed by atoms with Gasteiger partial charge in [0.1, 0.15) is 17.3 Å². The SMILES string of the molecule is Cc1cc(Nc2cc(C(F)F)ccn2)nc(-c2cn([C@@H]3CCCC[C@H]3O)nn2)c1. The Kier molecular flexibility index (Phi) is 5.48. The van der Waals surface area contributed by atoms with Crippen molar-refractivity contribution < 1.29 is 13.9 Å². The minimum Gasteiger partial charge on any atom is -0.391 e. The molecule has 0 spiro atoms. The lowest BCUT2D eigenvalue weighted by molar-refractivity contribution is 0.0685. The third kappa shape index (κ3) is 4.40. The highest BCUT2D eigenvalue weighted by Crippen LogP contribution is 2.29. The van der Waals surface area contributed by atoms with Crippen molar-refractivity contribution in [1.82, 2.24) is 25.0 Å². The van der Waals surface area contributed by atoms with Gasteiger partial charge in [-0.2, -0.15) is 0 Å². The molecule has 3 aromatic heterocycles. The number of halogens is 2. The maximum Gasteiger partial charge on any atom is 0.264 e. The Hall–Kier alpha value is -2.94. The van der Waals surface area contributed by atoms with Crippen LogP contribution in [0.4, 0.5) is 20.4 Å². The summed E-state index contributed by atoms with van der Waals surface area (Å²) < 4.78 is 27.5. The Morgan fingerprint density at radius 1 is 1.14 bits per heavy atom. The minimum absolute atomic E-state index is 0.0753. The molecule has 1 fully saturated rings. The molecule has 0 aromatic carbocycles. The number of pyridine rings is 2. The van der Waals surface area contributed by atoms with E-state index in [0.717, 1.165) is 31.2 Å². The Labute approximate surface area is 166 Å². The van der Waals surface area contributed by atoms with Gasteiger partial charge in [-0.25, -0.2) is 23.4 Å². The van der Waals surface area contributed by atoms with Crippen LogP contribution in [-0.4, -0.2) is 36.2 Å². The van der Waals surface area contributed by atoms with Crippen LogP contribution in [0.1, 0.15) is 49.3 Å². The second-order valence-electron chi connectivity index (χ2n) is 7.32. The van der Waals surface area contributed by atoms with Gasteiger partial charge in [-0.1, -0.05) is 18.1 Å². The number of rotatable bonds is 5. The van der Waals surface area contributed by atoms with Gasteiger partial charge < -0.3 is 10.4 Å². The summed E-state index contributed by atoms with van der Waals surface area (Å²) in [5.74, 6) is 0.770. The summed E-state index contributed by atoms with van der Waals surface area (Å²) in [5, 5.41) is 21.6. The molecule has 9 heteroatoms. The smallest absolute Gasteiger partial charge is 0.264 e. The van der Waals surface area contributed by atoms with Gasteiger partial charge in [0.05, 0.1) is 24.0 Å². The van der Waals surface area contributed by atoms with Gasteiger partial charge in [0.2, 0.25) is 0 Å². The zero-order chi connectivity index (χ0) is 20.4. The molecule has 0 radical (unpaired) electrons. The van der Waals surface area contributed by atoms with E-state index in [2.05, 4.69) is 25.6 Å². The molecule has 152 valence electrons. The Balaban J connectivity index is 1.58. The van der Waals surface area contributed by atoms with Gasteiger partial charge in [-0.15, -0.1) is 5.10 Å². The topological polar surface area (TPSA) is 88.8 Å². The van der Waals surface area contributed by atoms with E-state index in [4.69, 9.17) is 0 Å². The molecule has 1 aliphatic rings. The molecule has 0 saturated heterocycles. The van der Waals surface area contributed by atoms with Crippen LogP contribution in [0.3, 0.4) is 0 Å². The van der Waals surface area contributed by atoms with Crippen LogP contribution in [0.25, 0.3) is 11.4 Å². The maximum absolute atomic E-state index is 12.9. The number of nitrogens with one attached hydrogen (secondary N) is 1. The van der Waals surface area contributed by atoms with Crippen molar-refractivity contribution in [3.05, 3.63) is 47.8 Å². The molecule has 1 aliphatic carbocycles. The molecule has 0 aliphatic heterocycles. The highest BCUT2D eigenvalue weighted by molar-refractivity contribution is 5.61. The lowest BCUT2D eigenvalue weighted by Gasteiger charge is -2.27. The van der Waals surface area contributed by atoms with E-state index in [1.807, 2.05) is 13.0 Å². The molecule has 3 aromatic rings. The average molecular weight is 400 g/mol. The van der Waals surface area contributed by atoms with Crippen LogP contribution < -0.4 is 5.32 Å². The maximum atomic E-state index is 12.9. The fourth-order valence-corrected chi connectivity index (χ4v) is 3.60. The molecule has 4 rings (SSSR count). The van der Waals surface area contributed by atoms with Gasteiger partial charge in [0, 0.05) is 11.8 Å². The molecular formula is C20H22F2N6O. The Morgan fingerprint density at radius 3 is 2.76 bits per heavy atom. The van der Waals surface area contributed by atoms with E-state index in [1.54, 1.807) is 16.9 Å².